The minimum Gasteiger partial charge on any atom is -0.338 e. The van der Waals surface area contributed by atoms with Gasteiger partial charge in [-0.3, -0.25) is 0 Å². The van der Waals surface area contributed by atoms with Crippen molar-refractivity contribution in [1.29, 1.82) is 0 Å². The SMILES string of the molecule is CC(C)CN1CCC(N2CCC(c3ccc4[nH]c(-c5ccc(S(C)(=O)=O)cc5)nc4c3F)CC2)CC1. The molecule has 8 heteroatoms. The minimum absolute atomic E-state index is 0.209. The molecule has 2 aliphatic rings. The maximum atomic E-state index is 15.6. The second kappa shape index (κ2) is 10.2. The van der Waals surface area contributed by atoms with Crippen LogP contribution in [0.4, 0.5) is 4.39 Å². The second-order valence-electron chi connectivity index (χ2n) is 11.0. The summed E-state index contributed by atoms with van der Waals surface area (Å²) in [6.45, 7) is 10.2. The molecule has 36 heavy (non-hydrogen) atoms. The fourth-order valence-electron chi connectivity index (χ4n) is 5.93. The van der Waals surface area contributed by atoms with Crippen LogP contribution in [-0.2, 0) is 9.84 Å². The van der Waals surface area contributed by atoms with E-state index < -0.39 is 9.84 Å². The number of halogens is 1. The van der Waals surface area contributed by atoms with E-state index in [9.17, 15) is 8.42 Å². The van der Waals surface area contributed by atoms with Crippen LogP contribution >= 0.6 is 0 Å². The number of fused-ring (bicyclic) bond motifs is 1. The van der Waals surface area contributed by atoms with Gasteiger partial charge in [0.1, 0.15) is 11.3 Å². The molecule has 194 valence electrons. The number of nitrogens with one attached hydrogen (secondary N) is 1. The van der Waals surface area contributed by atoms with E-state index in [4.69, 9.17) is 0 Å². The molecule has 0 unspecified atom stereocenters. The number of rotatable bonds is 6. The van der Waals surface area contributed by atoms with Gasteiger partial charge in [-0.2, -0.15) is 0 Å². The Kier molecular flexibility index (Phi) is 7.21. The van der Waals surface area contributed by atoms with Gasteiger partial charge in [-0.05, 0) is 99.6 Å². The maximum Gasteiger partial charge on any atom is 0.175 e. The highest BCUT2D eigenvalue weighted by molar-refractivity contribution is 7.90. The van der Waals surface area contributed by atoms with Crippen molar-refractivity contribution < 1.29 is 12.8 Å². The van der Waals surface area contributed by atoms with Crippen LogP contribution in [0, 0.1) is 11.7 Å². The Labute approximate surface area is 213 Å². The first-order valence-corrected chi connectivity index (χ1v) is 15.0. The van der Waals surface area contributed by atoms with Crippen LogP contribution in [0.1, 0.15) is 51.0 Å². The Morgan fingerprint density at radius 1 is 1.00 bits per heavy atom. The van der Waals surface area contributed by atoms with Crippen molar-refractivity contribution in [3.63, 3.8) is 0 Å². The topological polar surface area (TPSA) is 69.3 Å². The van der Waals surface area contributed by atoms with E-state index in [1.54, 1.807) is 24.3 Å². The number of imidazole rings is 1. The van der Waals surface area contributed by atoms with Crippen molar-refractivity contribution in [2.75, 3.05) is 39.0 Å². The Hall–Kier alpha value is -2.29. The summed E-state index contributed by atoms with van der Waals surface area (Å²) in [5.41, 5.74) is 2.50. The van der Waals surface area contributed by atoms with Gasteiger partial charge in [-0.25, -0.2) is 17.8 Å². The first kappa shape index (κ1) is 25.4. The standard InChI is InChI=1S/C28H37FN4O2S/c1-19(2)18-32-14-12-22(13-15-32)33-16-10-20(11-17-33)24-8-9-25-27(26(24)29)31-28(30-25)21-4-6-23(7-5-21)36(3,34)35/h4-9,19-20,22H,10-18H2,1-3H3,(H,30,31). The fourth-order valence-corrected chi connectivity index (χ4v) is 6.56. The van der Waals surface area contributed by atoms with Crippen molar-refractivity contribution in [2.45, 2.75) is 56.4 Å². The largest absolute Gasteiger partial charge is 0.338 e. The molecule has 0 bridgehead atoms. The molecule has 0 aliphatic carbocycles. The molecule has 5 rings (SSSR count). The van der Waals surface area contributed by atoms with Crippen LogP contribution in [-0.4, -0.2) is 73.2 Å². The van der Waals surface area contributed by atoms with Crippen LogP contribution in [0.15, 0.2) is 41.3 Å². The number of hydrogen-bond donors (Lipinski definition) is 1. The van der Waals surface area contributed by atoms with E-state index in [-0.39, 0.29) is 16.6 Å². The van der Waals surface area contributed by atoms with Gasteiger partial charge in [0.2, 0.25) is 0 Å². The van der Waals surface area contributed by atoms with E-state index in [1.807, 2.05) is 12.1 Å². The lowest BCUT2D eigenvalue weighted by atomic mass is 9.87. The van der Waals surface area contributed by atoms with E-state index in [0.29, 0.717) is 22.9 Å². The predicted octanol–water partition coefficient (Wildman–Crippen LogP) is 5.07. The number of likely N-dealkylation sites (tertiary alicyclic amines) is 2. The second-order valence-corrected chi connectivity index (χ2v) is 13.0. The molecule has 6 nitrogen and oxygen atoms in total. The Morgan fingerprint density at radius 3 is 2.28 bits per heavy atom. The summed E-state index contributed by atoms with van der Waals surface area (Å²) >= 11 is 0. The van der Waals surface area contributed by atoms with E-state index in [1.165, 1.54) is 38.7 Å². The smallest absolute Gasteiger partial charge is 0.175 e. The number of aromatic amines is 1. The van der Waals surface area contributed by atoms with Gasteiger partial charge in [0.05, 0.1) is 10.4 Å². The molecule has 2 aromatic carbocycles. The van der Waals surface area contributed by atoms with Crippen LogP contribution < -0.4 is 0 Å². The quantitative estimate of drug-likeness (QED) is 0.499. The van der Waals surface area contributed by atoms with Crippen LogP contribution in [0.5, 0.6) is 0 Å². The summed E-state index contributed by atoms with van der Waals surface area (Å²) in [6, 6.07) is 11.0. The van der Waals surface area contributed by atoms with Crippen molar-refractivity contribution >= 4 is 20.9 Å². The molecular formula is C28H37FN4O2S. The van der Waals surface area contributed by atoms with Crippen LogP contribution in [0.2, 0.25) is 0 Å². The van der Waals surface area contributed by atoms with Crippen LogP contribution in [0.3, 0.4) is 0 Å². The maximum absolute atomic E-state index is 15.6. The van der Waals surface area contributed by atoms with Crippen molar-refractivity contribution in [1.82, 2.24) is 19.8 Å². The normalized spacial score (nSPS) is 19.5. The molecule has 0 saturated carbocycles. The highest BCUT2D eigenvalue weighted by Gasteiger charge is 2.30. The molecule has 0 atom stereocenters. The molecular weight excluding hydrogens is 475 g/mol. The zero-order chi connectivity index (χ0) is 25.4. The predicted molar refractivity (Wildman–Crippen MR) is 142 cm³/mol. The first-order chi connectivity index (χ1) is 17.2. The number of hydrogen-bond acceptors (Lipinski definition) is 5. The highest BCUT2D eigenvalue weighted by Crippen LogP contribution is 2.35. The molecule has 0 spiro atoms. The molecule has 1 aromatic heterocycles. The van der Waals surface area contributed by atoms with E-state index >= 15 is 4.39 Å². The Balaban J connectivity index is 1.25. The van der Waals surface area contributed by atoms with Gasteiger partial charge in [0.25, 0.3) is 0 Å². The highest BCUT2D eigenvalue weighted by atomic mass is 32.2. The Morgan fingerprint density at radius 2 is 1.67 bits per heavy atom. The summed E-state index contributed by atoms with van der Waals surface area (Å²) in [7, 11) is -3.27. The molecule has 2 aliphatic heterocycles. The van der Waals surface area contributed by atoms with Crippen LogP contribution in [0.25, 0.3) is 22.4 Å². The summed E-state index contributed by atoms with van der Waals surface area (Å²) in [5, 5.41) is 0. The average molecular weight is 513 g/mol. The van der Waals surface area contributed by atoms with Gasteiger partial charge in [-0.1, -0.05) is 19.9 Å². The van der Waals surface area contributed by atoms with Crippen molar-refractivity contribution in [2.24, 2.45) is 5.92 Å². The molecule has 0 amide bonds. The van der Waals surface area contributed by atoms with Gasteiger partial charge >= 0.3 is 0 Å². The summed E-state index contributed by atoms with van der Waals surface area (Å²) in [6.07, 6.45) is 5.59. The number of aromatic nitrogens is 2. The first-order valence-electron chi connectivity index (χ1n) is 13.1. The molecule has 2 fully saturated rings. The van der Waals surface area contributed by atoms with Gasteiger partial charge < -0.3 is 14.8 Å². The number of piperidine rings is 2. The van der Waals surface area contributed by atoms with Crippen molar-refractivity contribution in [3.05, 3.63) is 47.8 Å². The van der Waals surface area contributed by atoms with E-state index in [0.717, 1.165) is 43.0 Å². The third kappa shape index (κ3) is 5.36. The number of H-pyrrole nitrogens is 1. The molecule has 1 N–H and O–H groups in total. The summed E-state index contributed by atoms with van der Waals surface area (Å²) < 4.78 is 39.1. The Bertz CT molecular complexity index is 1300. The zero-order valence-electron chi connectivity index (χ0n) is 21.5. The third-order valence-corrected chi connectivity index (χ3v) is 8.97. The lowest BCUT2D eigenvalue weighted by Crippen LogP contribution is -2.48. The molecule has 3 aromatic rings. The van der Waals surface area contributed by atoms with Gasteiger partial charge in [0, 0.05) is 24.4 Å². The lowest BCUT2D eigenvalue weighted by molar-refractivity contribution is 0.0825. The van der Waals surface area contributed by atoms with E-state index in [2.05, 4.69) is 33.6 Å². The minimum atomic E-state index is -3.27. The number of nitrogens with zero attached hydrogens (tertiary/aromatic N) is 3. The fraction of sp³-hybridized carbons (Fsp3) is 0.536. The zero-order valence-corrected chi connectivity index (χ0v) is 22.3. The summed E-state index contributed by atoms with van der Waals surface area (Å²) in [5.74, 6) is 1.24. The molecule has 3 heterocycles. The van der Waals surface area contributed by atoms with Gasteiger partial charge in [0.15, 0.2) is 15.7 Å². The number of benzene rings is 2. The monoisotopic (exact) mass is 512 g/mol. The third-order valence-electron chi connectivity index (χ3n) is 7.84. The van der Waals surface area contributed by atoms with Crippen molar-refractivity contribution in [3.8, 4) is 11.4 Å². The summed E-state index contributed by atoms with van der Waals surface area (Å²) in [4.78, 5) is 13.2. The average Bonchev–Trinajstić information content (AvgIpc) is 3.30. The molecule has 2 saturated heterocycles. The number of sulfone groups is 1. The molecule has 0 radical (unpaired) electrons. The lowest BCUT2D eigenvalue weighted by Gasteiger charge is -2.42. The van der Waals surface area contributed by atoms with Gasteiger partial charge in [-0.15, -0.1) is 0 Å².